The number of sulfonamides is 1. The molecule has 3 rings (SSSR count). The Kier molecular flexibility index (Phi) is 5.86. The number of carboxylic acids is 1. The highest BCUT2D eigenvalue weighted by Gasteiger charge is 2.19. The molecule has 0 atom stereocenters. The zero-order valence-electron chi connectivity index (χ0n) is 14.8. The molecular formula is C20H15ClN2O5S. The Morgan fingerprint density at radius 3 is 2.24 bits per heavy atom. The molecule has 0 aliphatic rings. The van der Waals surface area contributed by atoms with Gasteiger partial charge in [0.2, 0.25) is 0 Å². The first kappa shape index (κ1) is 20.4. The number of anilines is 2. The molecule has 1 amide bonds. The van der Waals surface area contributed by atoms with Crippen LogP contribution in [0.15, 0.2) is 77.7 Å². The molecule has 0 aliphatic heterocycles. The number of carbonyl (C=O) groups is 2. The number of amides is 1. The molecule has 9 heteroatoms. The lowest BCUT2D eigenvalue weighted by Gasteiger charge is -2.11. The van der Waals surface area contributed by atoms with Crippen LogP contribution in [0.3, 0.4) is 0 Å². The van der Waals surface area contributed by atoms with Gasteiger partial charge in [-0.1, -0.05) is 35.9 Å². The van der Waals surface area contributed by atoms with Gasteiger partial charge in [-0.15, -0.1) is 0 Å². The lowest BCUT2D eigenvalue weighted by Crippen LogP contribution is -2.16. The Hall–Kier alpha value is -3.36. The quantitative estimate of drug-likeness (QED) is 0.545. The third-order valence-electron chi connectivity index (χ3n) is 3.89. The summed E-state index contributed by atoms with van der Waals surface area (Å²) in [6, 6.07) is 17.7. The molecule has 0 aromatic heterocycles. The van der Waals surface area contributed by atoms with Crippen molar-refractivity contribution in [1.29, 1.82) is 0 Å². The molecular weight excluding hydrogens is 416 g/mol. The minimum absolute atomic E-state index is 0.0160. The number of hydrogen-bond acceptors (Lipinski definition) is 4. The van der Waals surface area contributed by atoms with Crippen LogP contribution in [0.25, 0.3) is 0 Å². The first-order valence-electron chi connectivity index (χ1n) is 8.28. The topological polar surface area (TPSA) is 113 Å². The predicted molar refractivity (Wildman–Crippen MR) is 110 cm³/mol. The van der Waals surface area contributed by atoms with Crippen molar-refractivity contribution in [2.24, 2.45) is 0 Å². The van der Waals surface area contributed by atoms with E-state index in [-0.39, 0.29) is 26.7 Å². The third-order valence-corrected chi connectivity index (χ3v) is 5.59. The van der Waals surface area contributed by atoms with Crippen molar-refractivity contribution in [1.82, 2.24) is 0 Å². The number of rotatable bonds is 6. The summed E-state index contributed by atoms with van der Waals surface area (Å²) >= 11 is 6.08. The first-order valence-corrected chi connectivity index (χ1v) is 10.1. The number of carboxylic acid groups (broad SMARTS) is 1. The van der Waals surface area contributed by atoms with Crippen LogP contribution in [-0.4, -0.2) is 25.4 Å². The van der Waals surface area contributed by atoms with E-state index in [1.807, 2.05) is 0 Å². The molecule has 3 aromatic carbocycles. The Morgan fingerprint density at radius 1 is 0.862 bits per heavy atom. The van der Waals surface area contributed by atoms with Crippen LogP contribution in [0, 0.1) is 0 Å². The molecule has 29 heavy (non-hydrogen) atoms. The van der Waals surface area contributed by atoms with Gasteiger partial charge in [-0.25, -0.2) is 13.2 Å². The standard InChI is InChI=1S/C20H15ClN2O5S/c21-18-10-9-16(12-17(18)19(24)22-14-6-2-1-3-7-14)29(27,28)23-15-8-4-5-13(11-15)20(25)26/h1-12,23H,(H,22,24)(H,25,26). The summed E-state index contributed by atoms with van der Waals surface area (Å²) < 4.78 is 27.7. The van der Waals surface area contributed by atoms with Gasteiger partial charge in [-0.05, 0) is 48.5 Å². The maximum absolute atomic E-state index is 12.7. The zero-order chi connectivity index (χ0) is 21.0. The monoisotopic (exact) mass is 430 g/mol. The van der Waals surface area contributed by atoms with Crippen molar-refractivity contribution in [3.05, 3.63) is 88.9 Å². The molecule has 0 heterocycles. The van der Waals surface area contributed by atoms with E-state index in [1.54, 1.807) is 30.3 Å². The molecule has 148 valence electrons. The van der Waals surface area contributed by atoms with E-state index in [2.05, 4.69) is 10.0 Å². The van der Waals surface area contributed by atoms with Gasteiger partial charge < -0.3 is 10.4 Å². The van der Waals surface area contributed by atoms with Gasteiger partial charge in [0.25, 0.3) is 15.9 Å². The van der Waals surface area contributed by atoms with Crippen LogP contribution < -0.4 is 10.0 Å². The molecule has 0 radical (unpaired) electrons. The first-order chi connectivity index (χ1) is 13.8. The molecule has 3 aromatic rings. The van der Waals surface area contributed by atoms with Crippen molar-refractivity contribution in [3.8, 4) is 0 Å². The number of carbonyl (C=O) groups excluding carboxylic acids is 1. The van der Waals surface area contributed by atoms with Gasteiger partial charge in [0.1, 0.15) is 0 Å². The molecule has 0 spiro atoms. The second-order valence-electron chi connectivity index (χ2n) is 5.95. The normalized spacial score (nSPS) is 10.9. The van der Waals surface area contributed by atoms with Crippen molar-refractivity contribution < 1.29 is 23.1 Å². The lowest BCUT2D eigenvalue weighted by atomic mass is 10.2. The smallest absolute Gasteiger partial charge is 0.335 e. The molecule has 0 unspecified atom stereocenters. The van der Waals surface area contributed by atoms with E-state index < -0.39 is 21.9 Å². The largest absolute Gasteiger partial charge is 0.478 e. The predicted octanol–water partition coefficient (Wildman–Crippen LogP) is 4.09. The van der Waals surface area contributed by atoms with Crippen LogP contribution in [-0.2, 0) is 10.0 Å². The summed E-state index contributed by atoms with van der Waals surface area (Å²) in [7, 11) is -4.08. The van der Waals surface area contributed by atoms with Crippen LogP contribution in [0.1, 0.15) is 20.7 Å². The Bertz CT molecular complexity index is 1180. The molecule has 0 bridgehead atoms. The minimum Gasteiger partial charge on any atom is -0.478 e. The van der Waals surface area contributed by atoms with Crippen molar-refractivity contribution in [2.75, 3.05) is 10.0 Å². The number of halogens is 1. The highest BCUT2D eigenvalue weighted by Crippen LogP contribution is 2.24. The zero-order valence-corrected chi connectivity index (χ0v) is 16.4. The average Bonchev–Trinajstić information content (AvgIpc) is 2.68. The van der Waals surface area contributed by atoms with Gasteiger partial charge in [0.05, 0.1) is 21.0 Å². The van der Waals surface area contributed by atoms with E-state index in [4.69, 9.17) is 16.7 Å². The second kappa shape index (κ2) is 8.34. The van der Waals surface area contributed by atoms with E-state index >= 15 is 0 Å². The fourth-order valence-electron chi connectivity index (χ4n) is 2.50. The van der Waals surface area contributed by atoms with Gasteiger partial charge in [0.15, 0.2) is 0 Å². The van der Waals surface area contributed by atoms with Crippen molar-refractivity contribution in [2.45, 2.75) is 4.90 Å². The molecule has 0 fully saturated rings. The van der Waals surface area contributed by atoms with E-state index in [0.717, 1.165) is 6.07 Å². The number of benzene rings is 3. The summed E-state index contributed by atoms with van der Waals surface area (Å²) in [5.41, 5.74) is 0.530. The van der Waals surface area contributed by atoms with E-state index in [1.165, 1.54) is 36.4 Å². The fourth-order valence-corrected chi connectivity index (χ4v) is 3.77. The van der Waals surface area contributed by atoms with Gasteiger partial charge >= 0.3 is 5.97 Å². The van der Waals surface area contributed by atoms with Gasteiger partial charge in [-0.3, -0.25) is 9.52 Å². The van der Waals surface area contributed by atoms with E-state index in [0.29, 0.717) is 5.69 Å². The Balaban J connectivity index is 1.88. The Labute approximate surface area is 172 Å². The number of hydrogen-bond donors (Lipinski definition) is 3. The molecule has 3 N–H and O–H groups in total. The number of para-hydroxylation sites is 1. The molecule has 0 aliphatic carbocycles. The maximum Gasteiger partial charge on any atom is 0.335 e. The summed E-state index contributed by atoms with van der Waals surface area (Å²) in [5.74, 6) is -1.75. The van der Waals surface area contributed by atoms with Crippen molar-refractivity contribution in [3.63, 3.8) is 0 Å². The number of nitrogens with one attached hydrogen (secondary N) is 2. The molecule has 0 saturated heterocycles. The summed E-state index contributed by atoms with van der Waals surface area (Å²) in [4.78, 5) is 23.4. The van der Waals surface area contributed by atoms with Gasteiger partial charge in [-0.2, -0.15) is 0 Å². The lowest BCUT2D eigenvalue weighted by molar-refractivity contribution is 0.0696. The average molecular weight is 431 g/mol. The molecule has 7 nitrogen and oxygen atoms in total. The summed E-state index contributed by atoms with van der Waals surface area (Å²) in [6.07, 6.45) is 0. The van der Waals surface area contributed by atoms with Crippen LogP contribution >= 0.6 is 11.6 Å². The molecule has 0 saturated carbocycles. The fraction of sp³-hybridized carbons (Fsp3) is 0. The van der Waals surface area contributed by atoms with Crippen molar-refractivity contribution >= 4 is 44.9 Å². The van der Waals surface area contributed by atoms with Crippen LogP contribution in [0.5, 0.6) is 0 Å². The SMILES string of the molecule is O=C(O)c1cccc(NS(=O)(=O)c2ccc(Cl)c(C(=O)Nc3ccccc3)c2)c1. The highest BCUT2D eigenvalue weighted by molar-refractivity contribution is 7.92. The minimum atomic E-state index is -4.08. The third kappa shape index (κ3) is 4.92. The van der Waals surface area contributed by atoms with Crippen LogP contribution in [0.2, 0.25) is 5.02 Å². The maximum atomic E-state index is 12.7. The van der Waals surface area contributed by atoms with E-state index in [9.17, 15) is 18.0 Å². The second-order valence-corrected chi connectivity index (χ2v) is 8.04. The van der Waals surface area contributed by atoms with Gasteiger partial charge in [0, 0.05) is 11.4 Å². The van der Waals surface area contributed by atoms with Crippen LogP contribution in [0.4, 0.5) is 11.4 Å². The summed E-state index contributed by atoms with van der Waals surface area (Å²) in [6.45, 7) is 0. The number of aromatic carboxylic acids is 1. The highest BCUT2D eigenvalue weighted by atomic mass is 35.5. The summed E-state index contributed by atoms with van der Waals surface area (Å²) in [5, 5.41) is 11.8. The Morgan fingerprint density at radius 2 is 1.55 bits per heavy atom.